The highest BCUT2D eigenvalue weighted by molar-refractivity contribution is 5.77. The van der Waals surface area contributed by atoms with Gasteiger partial charge in [-0.3, -0.25) is 4.79 Å². The molecule has 3 atom stereocenters. The van der Waals surface area contributed by atoms with E-state index in [1.807, 2.05) is 7.05 Å². The Labute approximate surface area is 103 Å². The smallest absolute Gasteiger partial charge is 0.224 e. The van der Waals surface area contributed by atoms with E-state index in [0.29, 0.717) is 12.5 Å². The van der Waals surface area contributed by atoms with Crippen LogP contribution in [-0.4, -0.2) is 47.7 Å². The number of amides is 1. The van der Waals surface area contributed by atoms with Gasteiger partial charge in [-0.1, -0.05) is 12.8 Å². The van der Waals surface area contributed by atoms with Crippen molar-refractivity contribution in [2.24, 2.45) is 0 Å². The monoisotopic (exact) mass is 240 g/mol. The lowest BCUT2D eigenvalue weighted by Crippen LogP contribution is -2.47. The maximum absolute atomic E-state index is 12.1. The molecule has 17 heavy (non-hydrogen) atoms. The van der Waals surface area contributed by atoms with Crippen molar-refractivity contribution < 1.29 is 9.90 Å². The van der Waals surface area contributed by atoms with Gasteiger partial charge in [0.05, 0.1) is 12.1 Å². The fraction of sp³-hybridized carbons (Fsp3) is 0.923. The van der Waals surface area contributed by atoms with Gasteiger partial charge in [-0.15, -0.1) is 0 Å². The number of nitrogens with one attached hydrogen (secondary N) is 1. The summed E-state index contributed by atoms with van der Waals surface area (Å²) < 4.78 is 0. The average Bonchev–Trinajstić information content (AvgIpc) is 2.81. The van der Waals surface area contributed by atoms with Gasteiger partial charge in [0.15, 0.2) is 0 Å². The molecule has 2 aliphatic rings. The van der Waals surface area contributed by atoms with Gasteiger partial charge in [-0.05, 0) is 32.2 Å². The molecule has 0 bridgehead atoms. The van der Waals surface area contributed by atoms with E-state index in [1.54, 1.807) is 4.90 Å². The first-order chi connectivity index (χ1) is 8.18. The number of hydrogen-bond acceptors (Lipinski definition) is 3. The molecule has 2 rings (SSSR count). The van der Waals surface area contributed by atoms with Crippen molar-refractivity contribution in [1.82, 2.24) is 10.2 Å². The largest absolute Gasteiger partial charge is 0.391 e. The molecule has 2 fully saturated rings. The zero-order valence-electron chi connectivity index (χ0n) is 10.7. The predicted molar refractivity (Wildman–Crippen MR) is 66.7 cm³/mol. The van der Waals surface area contributed by atoms with Crippen molar-refractivity contribution in [2.75, 3.05) is 13.6 Å². The second-order valence-electron chi connectivity index (χ2n) is 5.42. The quantitative estimate of drug-likeness (QED) is 0.770. The molecule has 0 radical (unpaired) electrons. The number of carbonyl (C=O) groups is 1. The molecule has 0 aromatic carbocycles. The molecule has 1 saturated heterocycles. The minimum Gasteiger partial charge on any atom is -0.391 e. The van der Waals surface area contributed by atoms with E-state index in [1.165, 1.54) is 6.42 Å². The molecule has 1 amide bonds. The summed E-state index contributed by atoms with van der Waals surface area (Å²) in [5.74, 6) is 0.176. The van der Waals surface area contributed by atoms with Crippen molar-refractivity contribution in [3.8, 4) is 0 Å². The molecule has 1 heterocycles. The van der Waals surface area contributed by atoms with Crippen LogP contribution in [0.5, 0.6) is 0 Å². The van der Waals surface area contributed by atoms with E-state index in [4.69, 9.17) is 0 Å². The molecule has 3 unspecified atom stereocenters. The maximum atomic E-state index is 12.1. The van der Waals surface area contributed by atoms with E-state index >= 15 is 0 Å². The van der Waals surface area contributed by atoms with Gasteiger partial charge in [-0.2, -0.15) is 0 Å². The highest BCUT2D eigenvalue weighted by atomic mass is 16.3. The van der Waals surface area contributed by atoms with Crippen LogP contribution in [0, 0.1) is 0 Å². The van der Waals surface area contributed by atoms with Crippen molar-refractivity contribution in [3.63, 3.8) is 0 Å². The minimum absolute atomic E-state index is 0.0395. The summed E-state index contributed by atoms with van der Waals surface area (Å²) in [5, 5.41) is 13.3. The first kappa shape index (κ1) is 12.8. The molecule has 1 aliphatic carbocycles. The Morgan fingerprint density at radius 2 is 2.06 bits per heavy atom. The molecule has 0 aromatic rings. The highest BCUT2D eigenvalue weighted by Gasteiger charge is 2.30. The zero-order valence-corrected chi connectivity index (χ0v) is 10.7. The topological polar surface area (TPSA) is 52.6 Å². The van der Waals surface area contributed by atoms with Crippen molar-refractivity contribution in [1.29, 1.82) is 0 Å². The van der Waals surface area contributed by atoms with Gasteiger partial charge < -0.3 is 15.3 Å². The molecule has 98 valence electrons. The van der Waals surface area contributed by atoms with Crippen molar-refractivity contribution in [3.05, 3.63) is 0 Å². The van der Waals surface area contributed by atoms with Crippen LogP contribution in [0.25, 0.3) is 0 Å². The third-order valence-corrected chi connectivity index (χ3v) is 4.17. The van der Waals surface area contributed by atoms with E-state index in [9.17, 15) is 9.90 Å². The van der Waals surface area contributed by atoms with E-state index in [2.05, 4.69) is 5.32 Å². The van der Waals surface area contributed by atoms with Crippen LogP contribution < -0.4 is 5.32 Å². The molecule has 1 saturated carbocycles. The molecular weight excluding hydrogens is 216 g/mol. The molecule has 0 aromatic heterocycles. The van der Waals surface area contributed by atoms with E-state index in [0.717, 1.165) is 38.6 Å². The number of rotatable bonds is 3. The molecule has 4 nitrogen and oxygen atoms in total. The second kappa shape index (κ2) is 5.83. The zero-order chi connectivity index (χ0) is 12.3. The number of nitrogens with zero attached hydrogens (tertiary/aromatic N) is 1. The van der Waals surface area contributed by atoms with Crippen LogP contribution in [0.1, 0.15) is 44.9 Å². The van der Waals surface area contributed by atoms with Crippen LogP contribution in [0.2, 0.25) is 0 Å². The van der Waals surface area contributed by atoms with Crippen molar-refractivity contribution >= 4 is 5.91 Å². The van der Waals surface area contributed by atoms with Gasteiger partial charge in [0, 0.05) is 19.5 Å². The summed E-state index contributed by atoms with van der Waals surface area (Å²) in [5.41, 5.74) is 0. The Bertz CT molecular complexity index is 264. The number of likely N-dealkylation sites (N-methyl/N-ethyl adjacent to an activating group) is 1. The summed E-state index contributed by atoms with van der Waals surface area (Å²) in [7, 11) is 1.84. The normalized spacial score (nSPS) is 33.6. The van der Waals surface area contributed by atoms with Crippen LogP contribution in [-0.2, 0) is 4.79 Å². The summed E-state index contributed by atoms with van der Waals surface area (Å²) in [6.07, 6.45) is 6.53. The van der Waals surface area contributed by atoms with Gasteiger partial charge in [0.2, 0.25) is 5.91 Å². The number of carbonyl (C=O) groups excluding carboxylic acids is 1. The molecule has 2 N–H and O–H groups in total. The van der Waals surface area contributed by atoms with Crippen LogP contribution in [0.15, 0.2) is 0 Å². The molecule has 1 aliphatic heterocycles. The Kier molecular flexibility index (Phi) is 4.40. The third-order valence-electron chi connectivity index (χ3n) is 4.17. The number of aliphatic hydroxyl groups is 1. The molecule has 0 spiro atoms. The Morgan fingerprint density at radius 3 is 2.71 bits per heavy atom. The number of hydrogen-bond donors (Lipinski definition) is 2. The Balaban J connectivity index is 1.84. The summed E-state index contributed by atoms with van der Waals surface area (Å²) >= 11 is 0. The van der Waals surface area contributed by atoms with Crippen LogP contribution in [0.4, 0.5) is 0 Å². The lowest BCUT2D eigenvalue weighted by Gasteiger charge is -2.35. The predicted octanol–water partition coefficient (Wildman–Crippen LogP) is 0.890. The third kappa shape index (κ3) is 3.19. The average molecular weight is 240 g/mol. The fourth-order valence-corrected chi connectivity index (χ4v) is 3.01. The SMILES string of the molecule is CN(C(=O)CC1CCCN1)C1CCCCC1O. The van der Waals surface area contributed by atoms with Gasteiger partial charge in [0.1, 0.15) is 0 Å². The lowest BCUT2D eigenvalue weighted by atomic mass is 9.91. The van der Waals surface area contributed by atoms with Gasteiger partial charge in [0.25, 0.3) is 0 Å². The summed E-state index contributed by atoms with van der Waals surface area (Å²) in [4.78, 5) is 13.9. The highest BCUT2D eigenvalue weighted by Crippen LogP contribution is 2.23. The van der Waals surface area contributed by atoms with Gasteiger partial charge in [-0.25, -0.2) is 0 Å². The maximum Gasteiger partial charge on any atom is 0.224 e. The molecular formula is C13H24N2O2. The van der Waals surface area contributed by atoms with E-state index < -0.39 is 0 Å². The van der Waals surface area contributed by atoms with E-state index in [-0.39, 0.29) is 18.1 Å². The summed E-state index contributed by atoms with van der Waals surface area (Å²) in [6, 6.07) is 0.392. The minimum atomic E-state index is -0.325. The summed E-state index contributed by atoms with van der Waals surface area (Å²) in [6.45, 7) is 1.04. The Morgan fingerprint density at radius 1 is 1.29 bits per heavy atom. The standard InChI is InChI=1S/C13H24N2O2/c1-15(11-6-2-3-7-12(11)16)13(17)9-10-5-4-8-14-10/h10-12,14,16H,2-9H2,1H3. The second-order valence-corrected chi connectivity index (χ2v) is 5.42. The molecule has 4 heteroatoms. The van der Waals surface area contributed by atoms with Crippen LogP contribution >= 0.6 is 0 Å². The first-order valence-electron chi connectivity index (χ1n) is 6.85. The van der Waals surface area contributed by atoms with Crippen molar-refractivity contribution in [2.45, 2.75) is 63.1 Å². The Hall–Kier alpha value is -0.610. The number of aliphatic hydroxyl groups excluding tert-OH is 1. The van der Waals surface area contributed by atoms with Crippen LogP contribution in [0.3, 0.4) is 0 Å². The first-order valence-corrected chi connectivity index (χ1v) is 6.85. The fourth-order valence-electron chi connectivity index (χ4n) is 3.01. The lowest BCUT2D eigenvalue weighted by molar-refractivity contribution is -0.135. The van der Waals surface area contributed by atoms with Gasteiger partial charge >= 0.3 is 0 Å².